The van der Waals surface area contributed by atoms with E-state index in [-0.39, 0.29) is 0 Å². The van der Waals surface area contributed by atoms with Crippen LogP contribution in [0.25, 0.3) is 0 Å². The summed E-state index contributed by atoms with van der Waals surface area (Å²) < 4.78 is 63.5. The van der Waals surface area contributed by atoms with Gasteiger partial charge in [-0.05, 0) is 49.3 Å². The number of rotatable bonds is 5. The number of carbonyl (C=O) groups is 3. The smallest absolute Gasteiger partial charge is 0.475 e. The molecule has 1 aromatic heterocycles. The molecule has 0 spiro atoms. The van der Waals surface area contributed by atoms with Crippen molar-refractivity contribution in [3.63, 3.8) is 0 Å². The number of likely N-dealkylation sites (tertiary alicyclic amines) is 2. The second-order valence-electron chi connectivity index (χ2n) is 8.05. The Morgan fingerprint density at radius 2 is 1.51 bits per heavy atom. The number of thiophene rings is 1. The van der Waals surface area contributed by atoms with E-state index in [1.807, 2.05) is 5.38 Å². The average molecular weight is 536 g/mol. The molecule has 3 heterocycles. The van der Waals surface area contributed by atoms with Gasteiger partial charge in [0.1, 0.15) is 0 Å². The molecule has 2 saturated heterocycles. The lowest BCUT2D eigenvalue weighted by atomic mass is 10.1. The third-order valence-electron chi connectivity index (χ3n) is 5.27. The molecule has 3 rings (SSSR count). The van der Waals surface area contributed by atoms with E-state index in [2.05, 4.69) is 40.2 Å². The molecule has 0 aromatic carbocycles. The quantitative estimate of drug-likeness (QED) is 0.560. The standard InChI is InChI=1S/C16H25N3OS.2C2HF3O2/c1-17(2)8-9-18-6-3-15-14(18)4-7-19(15)16(20)11-13-5-10-21-12-13;2*3-2(4,5)1(6)7/h5,10,12,14-15H,3-4,6-9,11H2,1-2H3;2*(H,6,7). The minimum Gasteiger partial charge on any atom is -0.475 e. The minimum absolute atomic E-state index is 0.315. The number of hydrogen-bond donors (Lipinski definition) is 2. The fourth-order valence-electron chi connectivity index (χ4n) is 3.66. The van der Waals surface area contributed by atoms with Gasteiger partial charge in [0.15, 0.2) is 0 Å². The SMILES string of the molecule is CN(C)CCN1CCC2C1CCN2C(=O)Cc1ccsc1.O=C(O)C(F)(F)F.O=C(O)C(F)(F)F. The predicted octanol–water partition coefficient (Wildman–Crippen LogP) is 2.79. The molecule has 0 saturated carbocycles. The highest BCUT2D eigenvalue weighted by Gasteiger charge is 2.43. The zero-order valence-corrected chi connectivity index (χ0v) is 19.8. The Morgan fingerprint density at radius 1 is 1.00 bits per heavy atom. The lowest BCUT2D eigenvalue weighted by Gasteiger charge is -2.26. The van der Waals surface area contributed by atoms with Crippen LogP contribution in [0.15, 0.2) is 16.8 Å². The van der Waals surface area contributed by atoms with Crippen molar-refractivity contribution in [1.82, 2.24) is 14.7 Å². The van der Waals surface area contributed by atoms with Crippen LogP contribution >= 0.6 is 11.3 Å². The topological polar surface area (TPSA) is 101 Å². The van der Waals surface area contributed by atoms with Crippen molar-refractivity contribution in [2.24, 2.45) is 0 Å². The molecular formula is C20H27F6N3O5S. The molecule has 1 aromatic rings. The number of carboxylic acid groups (broad SMARTS) is 2. The zero-order valence-electron chi connectivity index (χ0n) is 19.0. The van der Waals surface area contributed by atoms with Crippen LogP contribution in [-0.4, -0.2) is 107 Å². The average Bonchev–Trinajstić information content (AvgIpc) is 3.44. The van der Waals surface area contributed by atoms with Crippen LogP contribution in [0.1, 0.15) is 18.4 Å². The Hall–Kier alpha value is -2.39. The molecule has 0 aliphatic carbocycles. The summed E-state index contributed by atoms with van der Waals surface area (Å²) in [6.45, 7) is 4.31. The van der Waals surface area contributed by atoms with Gasteiger partial charge in [-0.15, -0.1) is 0 Å². The monoisotopic (exact) mass is 535 g/mol. The van der Waals surface area contributed by atoms with Crippen LogP contribution < -0.4 is 0 Å². The number of fused-ring (bicyclic) bond motifs is 1. The summed E-state index contributed by atoms with van der Waals surface area (Å²) in [5, 5.41) is 18.4. The van der Waals surface area contributed by atoms with E-state index in [4.69, 9.17) is 19.8 Å². The highest BCUT2D eigenvalue weighted by molar-refractivity contribution is 7.08. The van der Waals surface area contributed by atoms with Crippen LogP contribution in [-0.2, 0) is 20.8 Å². The van der Waals surface area contributed by atoms with Gasteiger partial charge in [0.05, 0.1) is 6.42 Å². The van der Waals surface area contributed by atoms with Gasteiger partial charge >= 0.3 is 24.3 Å². The third-order valence-corrected chi connectivity index (χ3v) is 6.00. The first kappa shape index (κ1) is 30.6. The largest absolute Gasteiger partial charge is 0.490 e. The van der Waals surface area contributed by atoms with Crippen LogP contribution in [0.4, 0.5) is 26.3 Å². The van der Waals surface area contributed by atoms with Crippen LogP contribution in [0.3, 0.4) is 0 Å². The molecule has 2 aliphatic heterocycles. The minimum atomic E-state index is -5.08. The number of nitrogens with zero attached hydrogens (tertiary/aromatic N) is 3. The summed E-state index contributed by atoms with van der Waals surface area (Å²) in [7, 11) is 4.25. The number of carboxylic acids is 2. The molecular weight excluding hydrogens is 508 g/mol. The van der Waals surface area contributed by atoms with Crippen molar-refractivity contribution < 1.29 is 50.9 Å². The number of likely N-dealkylation sites (N-methyl/N-ethyl adjacent to an activating group) is 1. The fourth-order valence-corrected chi connectivity index (χ4v) is 4.33. The first-order valence-corrected chi connectivity index (χ1v) is 11.3. The molecule has 2 aliphatic rings. The maximum absolute atomic E-state index is 12.5. The van der Waals surface area contributed by atoms with Crippen molar-refractivity contribution in [2.75, 3.05) is 40.3 Å². The molecule has 2 fully saturated rings. The third kappa shape index (κ3) is 10.4. The zero-order chi connectivity index (χ0) is 27.0. The van der Waals surface area contributed by atoms with Gasteiger partial charge in [0.25, 0.3) is 0 Å². The Morgan fingerprint density at radius 3 is 1.94 bits per heavy atom. The molecule has 8 nitrogen and oxygen atoms in total. The number of hydrogen-bond acceptors (Lipinski definition) is 6. The summed E-state index contributed by atoms with van der Waals surface area (Å²) >= 11 is 1.67. The van der Waals surface area contributed by atoms with E-state index in [0.29, 0.717) is 24.4 Å². The number of halogens is 6. The summed E-state index contributed by atoms with van der Waals surface area (Å²) in [6, 6.07) is 3.11. The fraction of sp³-hybridized carbons (Fsp3) is 0.650. The highest BCUT2D eigenvalue weighted by atomic mass is 32.1. The Kier molecular flexibility index (Phi) is 11.4. The number of carbonyl (C=O) groups excluding carboxylic acids is 1. The molecule has 35 heavy (non-hydrogen) atoms. The van der Waals surface area contributed by atoms with Crippen LogP contribution in [0, 0.1) is 0 Å². The lowest BCUT2D eigenvalue weighted by molar-refractivity contribution is -0.193. The second-order valence-corrected chi connectivity index (χ2v) is 8.83. The van der Waals surface area contributed by atoms with E-state index in [0.717, 1.165) is 44.6 Å². The van der Waals surface area contributed by atoms with Gasteiger partial charge in [-0.2, -0.15) is 37.7 Å². The molecule has 0 radical (unpaired) electrons. The Balaban J connectivity index is 0.000000362. The lowest BCUT2D eigenvalue weighted by Crippen LogP contribution is -2.41. The van der Waals surface area contributed by atoms with Gasteiger partial charge in [-0.25, -0.2) is 9.59 Å². The maximum Gasteiger partial charge on any atom is 0.490 e. The van der Waals surface area contributed by atoms with Crippen molar-refractivity contribution >= 4 is 29.2 Å². The van der Waals surface area contributed by atoms with Gasteiger partial charge in [0.2, 0.25) is 5.91 Å². The molecule has 2 N–H and O–H groups in total. The molecule has 15 heteroatoms. The van der Waals surface area contributed by atoms with E-state index in [1.54, 1.807) is 11.3 Å². The van der Waals surface area contributed by atoms with Crippen LogP contribution in [0.5, 0.6) is 0 Å². The van der Waals surface area contributed by atoms with Crippen molar-refractivity contribution in [3.05, 3.63) is 22.4 Å². The predicted molar refractivity (Wildman–Crippen MR) is 114 cm³/mol. The van der Waals surface area contributed by atoms with Crippen molar-refractivity contribution in [3.8, 4) is 0 Å². The Bertz CT molecular complexity index is 808. The number of amides is 1. The van der Waals surface area contributed by atoms with Crippen LogP contribution in [0.2, 0.25) is 0 Å². The summed E-state index contributed by atoms with van der Waals surface area (Å²) in [4.78, 5) is 37.3. The van der Waals surface area contributed by atoms with E-state index in [9.17, 15) is 31.1 Å². The molecule has 1 amide bonds. The molecule has 0 bridgehead atoms. The summed E-state index contributed by atoms with van der Waals surface area (Å²) in [5.74, 6) is -5.20. The summed E-state index contributed by atoms with van der Waals surface area (Å²) in [5.41, 5.74) is 1.16. The summed E-state index contributed by atoms with van der Waals surface area (Å²) in [6.07, 6.45) is -7.30. The van der Waals surface area contributed by atoms with Crippen molar-refractivity contribution in [2.45, 2.75) is 43.7 Å². The Labute approximate surface area is 201 Å². The number of alkyl halides is 6. The molecule has 200 valence electrons. The first-order valence-electron chi connectivity index (χ1n) is 10.3. The number of aliphatic carboxylic acids is 2. The van der Waals surface area contributed by atoms with Gasteiger partial charge in [0, 0.05) is 38.3 Å². The highest BCUT2D eigenvalue weighted by Crippen LogP contribution is 2.31. The van der Waals surface area contributed by atoms with E-state index in [1.165, 1.54) is 0 Å². The van der Waals surface area contributed by atoms with Gasteiger partial charge in [-0.1, -0.05) is 0 Å². The maximum atomic E-state index is 12.5. The van der Waals surface area contributed by atoms with Crippen molar-refractivity contribution in [1.29, 1.82) is 0 Å². The normalized spacial score (nSPS) is 20.0. The van der Waals surface area contributed by atoms with Gasteiger partial charge < -0.3 is 20.0 Å². The van der Waals surface area contributed by atoms with Gasteiger partial charge in [-0.3, -0.25) is 9.69 Å². The second kappa shape index (κ2) is 13.1. The first-order chi connectivity index (χ1) is 16.0. The molecule has 2 unspecified atom stereocenters. The van der Waals surface area contributed by atoms with E-state index < -0.39 is 24.3 Å². The van der Waals surface area contributed by atoms with E-state index >= 15 is 0 Å². The molecule has 2 atom stereocenters.